The first-order valence-electron chi connectivity index (χ1n) is 3.86. The highest BCUT2D eigenvalue weighted by Crippen LogP contribution is 2.25. The summed E-state index contributed by atoms with van der Waals surface area (Å²) >= 11 is 3.27. The Morgan fingerprint density at radius 2 is 2.29 bits per heavy atom. The molecule has 0 radical (unpaired) electrons. The largest absolute Gasteiger partial charge is 0.496 e. The fraction of sp³-hybridized carbons (Fsp3) is 0.222. The molecule has 1 amide bonds. The Hall–Kier alpha value is -1.23. The van der Waals surface area contributed by atoms with Crippen LogP contribution in [0.25, 0.3) is 0 Å². The maximum Gasteiger partial charge on any atom is 0.290 e. The number of hydrogen-bond donors (Lipinski definition) is 0. The zero-order chi connectivity index (χ0) is 10.6. The highest BCUT2D eigenvalue weighted by Gasteiger charge is 2.06. The van der Waals surface area contributed by atoms with Crippen molar-refractivity contribution in [1.82, 2.24) is 0 Å². The zero-order valence-electron chi connectivity index (χ0n) is 7.49. The first-order chi connectivity index (χ1) is 6.67. The molecule has 0 unspecified atom stereocenters. The SMILES string of the molecule is COc1ccc(CC(=O)N=O)cc1Br. The van der Waals surface area contributed by atoms with E-state index in [4.69, 9.17) is 4.74 Å². The van der Waals surface area contributed by atoms with Gasteiger partial charge in [0, 0.05) is 5.18 Å². The highest BCUT2D eigenvalue weighted by atomic mass is 79.9. The summed E-state index contributed by atoms with van der Waals surface area (Å²) < 4.78 is 5.76. The van der Waals surface area contributed by atoms with Gasteiger partial charge in [-0.05, 0) is 33.6 Å². The Bertz CT molecular complexity index is 365. The molecule has 4 nitrogen and oxygen atoms in total. The standard InChI is InChI=1S/C9H8BrNO3/c1-14-8-3-2-6(4-7(8)10)5-9(12)11-13/h2-4H,5H2,1H3. The van der Waals surface area contributed by atoms with Crippen LogP contribution in [0.4, 0.5) is 0 Å². The number of benzene rings is 1. The number of ether oxygens (including phenoxy) is 1. The van der Waals surface area contributed by atoms with E-state index >= 15 is 0 Å². The van der Waals surface area contributed by atoms with Crippen LogP contribution in [0.5, 0.6) is 5.75 Å². The van der Waals surface area contributed by atoms with Crippen LogP contribution in [0, 0.1) is 4.91 Å². The second-order valence-corrected chi connectivity index (χ2v) is 3.49. The molecule has 0 fully saturated rings. The lowest BCUT2D eigenvalue weighted by Gasteiger charge is -2.04. The summed E-state index contributed by atoms with van der Waals surface area (Å²) in [5.74, 6) is 0.00216. The van der Waals surface area contributed by atoms with Gasteiger partial charge < -0.3 is 4.74 Å². The Labute approximate surface area is 89.4 Å². The summed E-state index contributed by atoms with van der Waals surface area (Å²) in [7, 11) is 1.55. The van der Waals surface area contributed by atoms with Crippen LogP contribution >= 0.6 is 15.9 Å². The molecular weight excluding hydrogens is 250 g/mol. The summed E-state index contributed by atoms with van der Waals surface area (Å²) in [6.45, 7) is 0. The van der Waals surface area contributed by atoms with E-state index in [0.717, 1.165) is 10.0 Å². The minimum atomic E-state index is -0.679. The summed E-state index contributed by atoms with van der Waals surface area (Å²) in [4.78, 5) is 20.6. The zero-order valence-corrected chi connectivity index (χ0v) is 9.08. The molecule has 74 valence electrons. The number of nitrogens with zero attached hydrogens (tertiary/aromatic N) is 1. The van der Waals surface area contributed by atoms with Crippen LogP contribution in [0.3, 0.4) is 0 Å². The lowest BCUT2D eigenvalue weighted by Crippen LogP contribution is -1.97. The molecule has 0 aliphatic heterocycles. The van der Waals surface area contributed by atoms with Gasteiger partial charge in [-0.2, -0.15) is 0 Å². The minimum absolute atomic E-state index is 0.0199. The van der Waals surface area contributed by atoms with Crippen molar-refractivity contribution >= 4 is 21.8 Å². The third kappa shape index (κ3) is 2.63. The summed E-state index contributed by atoms with van der Waals surface area (Å²) in [6, 6.07) is 5.16. The van der Waals surface area contributed by atoms with Crippen molar-refractivity contribution < 1.29 is 9.53 Å². The second-order valence-electron chi connectivity index (χ2n) is 2.63. The number of nitroso groups, excluding NO2 is 1. The van der Waals surface area contributed by atoms with Crippen LogP contribution < -0.4 is 4.74 Å². The third-order valence-corrected chi connectivity index (χ3v) is 2.29. The normalized spacial score (nSPS) is 9.57. The van der Waals surface area contributed by atoms with Gasteiger partial charge >= 0.3 is 0 Å². The Balaban J connectivity index is 2.86. The van der Waals surface area contributed by atoms with Crippen molar-refractivity contribution in [3.63, 3.8) is 0 Å². The molecule has 0 spiro atoms. The van der Waals surface area contributed by atoms with E-state index in [1.165, 1.54) is 0 Å². The molecule has 0 heterocycles. The van der Waals surface area contributed by atoms with Gasteiger partial charge in [0.25, 0.3) is 5.91 Å². The summed E-state index contributed by atoms with van der Waals surface area (Å²) in [6.07, 6.45) is 0.0199. The number of amides is 1. The topological polar surface area (TPSA) is 55.7 Å². The lowest BCUT2D eigenvalue weighted by molar-refractivity contribution is -0.117. The predicted octanol–water partition coefficient (Wildman–Crippen LogP) is 2.29. The number of hydrogen-bond acceptors (Lipinski definition) is 3. The van der Waals surface area contributed by atoms with Crippen molar-refractivity contribution in [2.45, 2.75) is 6.42 Å². The average Bonchev–Trinajstić information content (AvgIpc) is 2.18. The van der Waals surface area contributed by atoms with E-state index in [0.29, 0.717) is 5.75 Å². The highest BCUT2D eigenvalue weighted by molar-refractivity contribution is 9.10. The van der Waals surface area contributed by atoms with Crippen molar-refractivity contribution in [2.24, 2.45) is 5.18 Å². The smallest absolute Gasteiger partial charge is 0.290 e. The monoisotopic (exact) mass is 257 g/mol. The minimum Gasteiger partial charge on any atom is -0.496 e. The first kappa shape index (κ1) is 10.8. The number of rotatable bonds is 3. The Morgan fingerprint density at radius 1 is 1.57 bits per heavy atom. The van der Waals surface area contributed by atoms with Gasteiger partial charge in [0.15, 0.2) is 0 Å². The van der Waals surface area contributed by atoms with Gasteiger partial charge in [0.1, 0.15) is 5.75 Å². The van der Waals surface area contributed by atoms with Crippen molar-refractivity contribution in [3.05, 3.63) is 33.1 Å². The van der Waals surface area contributed by atoms with E-state index in [-0.39, 0.29) is 6.42 Å². The summed E-state index contributed by atoms with van der Waals surface area (Å²) in [5.41, 5.74) is 0.724. The molecule has 1 rings (SSSR count). The fourth-order valence-electron chi connectivity index (χ4n) is 1.03. The molecule has 1 aromatic carbocycles. The average molecular weight is 258 g/mol. The van der Waals surface area contributed by atoms with Gasteiger partial charge in [-0.3, -0.25) is 4.79 Å². The molecule has 0 saturated carbocycles. The molecular formula is C9H8BrNO3. The number of carbonyl (C=O) groups excluding carboxylic acids is 1. The molecule has 0 aliphatic rings. The Morgan fingerprint density at radius 3 is 2.79 bits per heavy atom. The lowest BCUT2D eigenvalue weighted by atomic mass is 10.1. The molecule has 14 heavy (non-hydrogen) atoms. The van der Waals surface area contributed by atoms with Crippen molar-refractivity contribution in [2.75, 3.05) is 7.11 Å². The van der Waals surface area contributed by atoms with Gasteiger partial charge in [-0.1, -0.05) is 6.07 Å². The van der Waals surface area contributed by atoms with Gasteiger partial charge in [0.2, 0.25) is 0 Å². The molecule has 0 saturated heterocycles. The number of halogens is 1. The molecule has 1 aromatic rings. The quantitative estimate of drug-likeness (QED) is 0.781. The van der Waals surface area contributed by atoms with E-state index < -0.39 is 5.91 Å². The van der Waals surface area contributed by atoms with Crippen LogP contribution in [0.15, 0.2) is 27.8 Å². The molecule has 0 N–H and O–H groups in total. The van der Waals surface area contributed by atoms with Crippen molar-refractivity contribution in [1.29, 1.82) is 0 Å². The molecule has 0 bridgehead atoms. The van der Waals surface area contributed by atoms with E-state index in [1.54, 1.807) is 25.3 Å². The first-order valence-corrected chi connectivity index (χ1v) is 4.65. The van der Waals surface area contributed by atoms with Crippen LogP contribution in [-0.4, -0.2) is 13.0 Å². The van der Waals surface area contributed by atoms with E-state index in [9.17, 15) is 9.70 Å². The van der Waals surface area contributed by atoms with Crippen LogP contribution in [-0.2, 0) is 11.2 Å². The Kier molecular flexibility index (Phi) is 3.76. The van der Waals surface area contributed by atoms with Gasteiger partial charge in [-0.15, -0.1) is 4.91 Å². The van der Waals surface area contributed by atoms with Crippen LogP contribution in [0.2, 0.25) is 0 Å². The molecule has 0 aliphatic carbocycles. The summed E-state index contributed by atoms with van der Waals surface area (Å²) in [5, 5.41) is 2.32. The van der Waals surface area contributed by atoms with Crippen molar-refractivity contribution in [3.8, 4) is 5.75 Å². The maximum atomic E-state index is 10.7. The number of carbonyl (C=O) groups is 1. The fourth-order valence-corrected chi connectivity index (χ4v) is 1.61. The van der Waals surface area contributed by atoms with Gasteiger partial charge in [-0.25, -0.2) is 0 Å². The molecule has 0 atom stereocenters. The molecule has 0 aromatic heterocycles. The molecule has 5 heteroatoms. The second kappa shape index (κ2) is 4.85. The third-order valence-electron chi connectivity index (χ3n) is 1.67. The van der Waals surface area contributed by atoms with Gasteiger partial charge in [0.05, 0.1) is 18.0 Å². The maximum absolute atomic E-state index is 10.7. The van der Waals surface area contributed by atoms with E-state index in [2.05, 4.69) is 21.1 Å². The van der Waals surface area contributed by atoms with Crippen LogP contribution in [0.1, 0.15) is 5.56 Å². The number of methoxy groups -OCH3 is 1. The van der Waals surface area contributed by atoms with E-state index in [1.807, 2.05) is 0 Å². The predicted molar refractivity (Wildman–Crippen MR) is 55.2 cm³/mol.